The van der Waals surface area contributed by atoms with Crippen molar-refractivity contribution < 1.29 is 49.3 Å². The predicted molar refractivity (Wildman–Crippen MR) is 343 cm³/mol. The van der Waals surface area contributed by atoms with Gasteiger partial charge in [0, 0.05) is 6.42 Å². The number of hydrogen-bond acceptors (Lipinski definition) is 10. The second kappa shape index (κ2) is 58.7. The summed E-state index contributed by atoms with van der Waals surface area (Å²) in [4.78, 5) is 26.6. The van der Waals surface area contributed by atoms with Crippen molar-refractivity contribution in [1.29, 1.82) is 0 Å². The summed E-state index contributed by atoms with van der Waals surface area (Å²) in [5.41, 5.74) is 0. The number of rotatable bonds is 59. The fraction of sp³-hybridized carbons (Fsp3) is 0.831. The lowest BCUT2D eigenvalue weighted by Crippen LogP contribution is -2.61. The SMILES string of the molecule is CCCCC/C=C\C/C=C\C/C=C\CCCCCCCCC(=O)OC1C(OCC(NC(=O)C(O)CCCCCCCCCCCCCC/C=C/CCCCCCCC)C(O)/C=C/CCCCCCCCCCCC)OC(CO)C(O)C1O. The van der Waals surface area contributed by atoms with E-state index in [9.17, 15) is 35.1 Å². The van der Waals surface area contributed by atoms with Crippen LogP contribution in [0.5, 0.6) is 0 Å². The third kappa shape index (κ3) is 45.7. The van der Waals surface area contributed by atoms with Gasteiger partial charge in [-0.25, -0.2) is 0 Å². The molecule has 0 bridgehead atoms. The number of allylic oxidation sites excluding steroid dienone is 9. The van der Waals surface area contributed by atoms with Crippen LogP contribution in [0.1, 0.15) is 316 Å². The quantitative estimate of drug-likeness (QED) is 0.0195. The fourth-order valence-corrected chi connectivity index (χ4v) is 10.7. The van der Waals surface area contributed by atoms with Gasteiger partial charge in [0.1, 0.15) is 24.4 Å². The number of amides is 1. The smallest absolute Gasteiger partial charge is 0.306 e. The molecule has 0 aliphatic carbocycles. The number of esters is 1. The van der Waals surface area contributed by atoms with Gasteiger partial charge in [0.05, 0.1) is 25.4 Å². The molecule has 1 fully saturated rings. The van der Waals surface area contributed by atoms with E-state index in [0.717, 1.165) is 89.9 Å². The monoisotopic (exact) mass is 1160 g/mol. The lowest BCUT2D eigenvalue weighted by molar-refractivity contribution is -0.305. The van der Waals surface area contributed by atoms with Crippen molar-refractivity contribution in [2.45, 2.75) is 365 Å². The molecule has 1 aliphatic rings. The van der Waals surface area contributed by atoms with E-state index < -0.39 is 67.4 Å². The number of aliphatic hydroxyl groups is 5. The summed E-state index contributed by atoms with van der Waals surface area (Å²) in [5.74, 6) is -1.20. The molecule has 0 spiro atoms. The van der Waals surface area contributed by atoms with Gasteiger partial charge in [-0.05, 0) is 89.9 Å². The zero-order valence-corrected chi connectivity index (χ0v) is 53.1. The Morgan fingerprint density at radius 1 is 0.476 bits per heavy atom. The molecule has 1 amide bonds. The average molecular weight is 1160 g/mol. The summed E-state index contributed by atoms with van der Waals surface area (Å²) in [5, 5.41) is 57.2. The van der Waals surface area contributed by atoms with Gasteiger partial charge < -0.3 is 45.1 Å². The van der Waals surface area contributed by atoms with Crippen LogP contribution in [-0.2, 0) is 23.8 Å². The van der Waals surface area contributed by atoms with Crippen LogP contribution in [0, 0.1) is 0 Å². The van der Waals surface area contributed by atoms with Crippen molar-refractivity contribution in [3.8, 4) is 0 Å². The van der Waals surface area contributed by atoms with Crippen LogP contribution >= 0.6 is 0 Å². The lowest BCUT2D eigenvalue weighted by atomic mass is 9.99. The lowest BCUT2D eigenvalue weighted by Gasteiger charge is -2.41. The molecule has 0 radical (unpaired) electrons. The topological polar surface area (TPSA) is 175 Å². The highest BCUT2D eigenvalue weighted by Crippen LogP contribution is 2.26. The minimum Gasteiger partial charge on any atom is -0.454 e. The zero-order valence-electron chi connectivity index (χ0n) is 53.1. The summed E-state index contributed by atoms with van der Waals surface area (Å²) in [6, 6.07) is -1.03. The number of carbonyl (C=O) groups excluding carboxylic acids is 2. The normalized spacial score (nSPS) is 19.0. The summed E-state index contributed by atoms with van der Waals surface area (Å²) in [6.07, 6.45) is 64.0. The van der Waals surface area contributed by atoms with Gasteiger partial charge in [-0.3, -0.25) is 9.59 Å². The summed E-state index contributed by atoms with van der Waals surface area (Å²) in [7, 11) is 0. The summed E-state index contributed by atoms with van der Waals surface area (Å²) >= 11 is 0. The Morgan fingerprint density at radius 3 is 1.29 bits per heavy atom. The van der Waals surface area contributed by atoms with Crippen LogP contribution in [0.2, 0.25) is 0 Å². The molecule has 11 nitrogen and oxygen atoms in total. The minimum absolute atomic E-state index is 0.109. The van der Waals surface area contributed by atoms with E-state index in [1.165, 1.54) is 180 Å². The molecule has 11 heteroatoms. The van der Waals surface area contributed by atoms with E-state index in [0.29, 0.717) is 19.3 Å². The van der Waals surface area contributed by atoms with Gasteiger partial charge in [0.15, 0.2) is 12.4 Å². The Bertz CT molecular complexity index is 1560. The van der Waals surface area contributed by atoms with E-state index in [4.69, 9.17) is 14.2 Å². The summed E-state index contributed by atoms with van der Waals surface area (Å²) in [6.45, 7) is 5.78. The largest absolute Gasteiger partial charge is 0.454 e. The minimum atomic E-state index is -1.62. The maximum atomic E-state index is 13.5. The van der Waals surface area contributed by atoms with Gasteiger partial charge in [0.25, 0.3) is 0 Å². The average Bonchev–Trinajstić information content (AvgIpc) is 3.44. The van der Waals surface area contributed by atoms with Crippen molar-refractivity contribution in [2.75, 3.05) is 13.2 Å². The first-order valence-electron chi connectivity index (χ1n) is 34.6. The first kappa shape index (κ1) is 77.4. The fourth-order valence-electron chi connectivity index (χ4n) is 10.7. The molecule has 8 atom stereocenters. The molecule has 6 N–H and O–H groups in total. The molecule has 1 aliphatic heterocycles. The number of carbonyl (C=O) groups is 2. The number of aliphatic hydroxyl groups excluding tert-OH is 5. The molecule has 1 heterocycles. The van der Waals surface area contributed by atoms with E-state index in [-0.39, 0.29) is 13.0 Å². The Morgan fingerprint density at radius 2 is 0.841 bits per heavy atom. The van der Waals surface area contributed by atoms with Crippen molar-refractivity contribution in [3.63, 3.8) is 0 Å². The first-order chi connectivity index (χ1) is 40.2. The molecule has 478 valence electrons. The van der Waals surface area contributed by atoms with Gasteiger partial charge in [-0.2, -0.15) is 0 Å². The van der Waals surface area contributed by atoms with Crippen molar-refractivity contribution >= 4 is 11.9 Å². The van der Waals surface area contributed by atoms with Gasteiger partial charge in [0.2, 0.25) is 5.91 Å². The maximum Gasteiger partial charge on any atom is 0.306 e. The molecule has 0 saturated carbocycles. The standard InChI is InChI=1S/C71H129NO10/c1-4-7-10-13-16-19-22-25-27-29-31-32-33-35-36-38-40-43-46-49-52-55-58-64(75)70(79)72-62(63(74)57-54-51-48-45-42-24-21-18-15-12-9-6-3)61-80-71-69(68(78)67(77)65(60-73)81-71)82-66(76)59-56-53-50-47-44-41-39-37-34-30-28-26-23-20-17-14-11-8-5-2/h17,20,25-28,34,37,54,57,62-65,67-69,71,73-75,77-78H,4-16,18-19,21-24,29-33,35-36,38-53,55-56,58-61H2,1-3H3,(H,72,79)/b20-17-,27-25+,28-26-,37-34-,57-54+. The molecule has 8 unspecified atom stereocenters. The summed E-state index contributed by atoms with van der Waals surface area (Å²) < 4.78 is 17.7. The molecular formula is C71H129NO10. The highest BCUT2D eigenvalue weighted by Gasteiger charge is 2.47. The Hall–Kier alpha value is -2.64. The van der Waals surface area contributed by atoms with Crippen LogP contribution < -0.4 is 5.32 Å². The number of ether oxygens (including phenoxy) is 3. The third-order valence-corrected chi connectivity index (χ3v) is 16.1. The highest BCUT2D eigenvalue weighted by atomic mass is 16.7. The second-order valence-electron chi connectivity index (χ2n) is 23.9. The molecule has 1 saturated heterocycles. The van der Waals surface area contributed by atoms with E-state index in [1.807, 2.05) is 6.08 Å². The zero-order chi connectivity index (χ0) is 59.6. The molecule has 82 heavy (non-hydrogen) atoms. The van der Waals surface area contributed by atoms with Crippen LogP contribution in [0.15, 0.2) is 60.8 Å². The number of nitrogens with one attached hydrogen (secondary N) is 1. The molecule has 0 aromatic heterocycles. The van der Waals surface area contributed by atoms with E-state index in [1.54, 1.807) is 6.08 Å². The van der Waals surface area contributed by atoms with Crippen LogP contribution in [0.3, 0.4) is 0 Å². The number of hydrogen-bond donors (Lipinski definition) is 6. The molecule has 0 aromatic rings. The van der Waals surface area contributed by atoms with Gasteiger partial charge in [-0.1, -0.05) is 281 Å². The van der Waals surface area contributed by atoms with E-state index in [2.05, 4.69) is 74.7 Å². The predicted octanol–water partition coefficient (Wildman–Crippen LogP) is 17.3. The maximum absolute atomic E-state index is 13.5. The molecule has 1 rings (SSSR count). The Kier molecular flexibility index (Phi) is 55.4. The molecular weight excluding hydrogens is 1030 g/mol. The van der Waals surface area contributed by atoms with Crippen molar-refractivity contribution in [3.05, 3.63) is 60.8 Å². The van der Waals surface area contributed by atoms with E-state index >= 15 is 0 Å². The van der Waals surface area contributed by atoms with Crippen LogP contribution in [-0.4, -0.2) is 99.6 Å². The highest BCUT2D eigenvalue weighted by molar-refractivity contribution is 5.80. The first-order valence-corrected chi connectivity index (χ1v) is 34.6. The second-order valence-corrected chi connectivity index (χ2v) is 23.9. The number of unbranched alkanes of at least 4 members (excludes halogenated alkanes) is 37. The van der Waals surface area contributed by atoms with Crippen molar-refractivity contribution in [1.82, 2.24) is 5.32 Å². The molecule has 0 aromatic carbocycles. The Balaban J connectivity index is 2.61. The van der Waals surface area contributed by atoms with Crippen LogP contribution in [0.25, 0.3) is 0 Å². The van der Waals surface area contributed by atoms with Gasteiger partial charge >= 0.3 is 5.97 Å². The third-order valence-electron chi connectivity index (χ3n) is 16.1. The van der Waals surface area contributed by atoms with Crippen molar-refractivity contribution in [2.24, 2.45) is 0 Å². The Labute approximate surface area is 503 Å². The van der Waals surface area contributed by atoms with Crippen LogP contribution in [0.4, 0.5) is 0 Å². The van der Waals surface area contributed by atoms with Gasteiger partial charge in [-0.15, -0.1) is 0 Å².